The number of carbonyl (C=O) groups is 1. The molecule has 0 aliphatic carbocycles. The number of benzene rings is 2. The molecule has 0 saturated heterocycles. The molecule has 0 spiro atoms. The first-order chi connectivity index (χ1) is 9.52. The lowest BCUT2D eigenvalue weighted by Gasteiger charge is -2.13. The van der Waals surface area contributed by atoms with Gasteiger partial charge in [0.1, 0.15) is 5.82 Å². The maximum atomic E-state index is 13.9. The third-order valence-electron chi connectivity index (χ3n) is 2.55. The predicted octanol–water partition coefficient (Wildman–Crippen LogP) is 3.95. The summed E-state index contributed by atoms with van der Waals surface area (Å²) in [6.45, 7) is 0. The molecular weight excluding hydrogens is 398 g/mol. The van der Waals surface area contributed by atoms with Crippen molar-refractivity contribution in [3.8, 4) is 0 Å². The first kappa shape index (κ1) is 15.0. The molecule has 2 aromatic carbocycles. The first-order valence-corrected chi connectivity index (χ1v) is 6.93. The second-order valence-electron chi connectivity index (χ2n) is 3.85. The molecule has 0 radical (unpaired) electrons. The molecule has 0 aromatic heterocycles. The van der Waals surface area contributed by atoms with Gasteiger partial charge in [-0.05, 0) is 52.9 Å². The van der Waals surface area contributed by atoms with E-state index in [0.717, 1.165) is 3.57 Å². The fourth-order valence-electron chi connectivity index (χ4n) is 1.63. The third-order valence-corrected chi connectivity index (χ3v) is 3.53. The van der Waals surface area contributed by atoms with Crippen LogP contribution in [0.4, 0.5) is 15.8 Å². The Balaban J connectivity index is 2.45. The molecule has 0 atom stereocenters. The minimum atomic E-state index is -0.811. The highest BCUT2D eigenvalue weighted by Crippen LogP contribution is 2.30. The van der Waals surface area contributed by atoms with Crippen molar-refractivity contribution >= 4 is 51.5 Å². The zero-order valence-corrected chi connectivity index (χ0v) is 12.9. The van der Waals surface area contributed by atoms with Crippen LogP contribution in [-0.4, -0.2) is 11.1 Å². The maximum Gasteiger partial charge on any atom is 0.276 e. The Morgan fingerprint density at radius 1 is 1.30 bits per heavy atom. The van der Waals surface area contributed by atoms with Gasteiger partial charge in [0.15, 0.2) is 0 Å². The fourth-order valence-corrected chi connectivity index (χ4v) is 2.53. The van der Waals surface area contributed by atoms with Gasteiger partial charge in [-0.2, -0.15) is 0 Å². The lowest BCUT2D eigenvalue weighted by atomic mass is 10.1. The second kappa shape index (κ2) is 6.38. The maximum absolute atomic E-state index is 13.9. The number of hydrogen-bond acceptors (Lipinski definition) is 3. The summed E-state index contributed by atoms with van der Waals surface area (Å²) >= 11 is 8.16. The van der Waals surface area contributed by atoms with Crippen molar-refractivity contribution in [3.63, 3.8) is 0 Å². The topological polar surface area (TPSA) is 61.4 Å². The number of amides is 1. The highest BCUT2D eigenvalue weighted by molar-refractivity contribution is 14.1. The molecule has 0 fully saturated rings. The van der Waals surface area contributed by atoms with E-state index in [2.05, 4.69) is 27.9 Å². The summed E-state index contributed by atoms with van der Waals surface area (Å²) in [5.41, 5.74) is 1.86. The molecule has 0 aliphatic rings. The molecule has 0 unspecified atom stereocenters. The minimum absolute atomic E-state index is 0.0258. The van der Waals surface area contributed by atoms with E-state index < -0.39 is 11.7 Å². The summed E-state index contributed by atoms with van der Waals surface area (Å²) < 4.78 is 14.8. The van der Waals surface area contributed by atoms with Crippen molar-refractivity contribution < 1.29 is 14.4 Å². The van der Waals surface area contributed by atoms with Crippen LogP contribution in [0.15, 0.2) is 36.4 Å². The average molecular weight is 407 g/mol. The highest BCUT2D eigenvalue weighted by atomic mass is 127. The van der Waals surface area contributed by atoms with E-state index in [0.29, 0.717) is 10.7 Å². The Bertz CT molecular complexity index is 667. The third kappa shape index (κ3) is 3.20. The second-order valence-corrected chi connectivity index (χ2v) is 5.51. The predicted molar refractivity (Wildman–Crippen MR) is 83.1 cm³/mol. The lowest BCUT2D eigenvalue weighted by molar-refractivity contribution is 0.0707. The Kier molecular flexibility index (Phi) is 4.79. The van der Waals surface area contributed by atoms with E-state index in [-0.39, 0.29) is 11.3 Å². The van der Waals surface area contributed by atoms with E-state index in [1.165, 1.54) is 23.7 Å². The Labute approximate surface area is 133 Å². The van der Waals surface area contributed by atoms with Gasteiger partial charge in [-0.3, -0.25) is 10.0 Å². The Morgan fingerprint density at radius 2 is 2.05 bits per heavy atom. The molecule has 2 aromatic rings. The van der Waals surface area contributed by atoms with Crippen molar-refractivity contribution in [2.24, 2.45) is 0 Å². The van der Waals surface area contributed by atoms with E-state index in [4.69, 9.17) is 16.8 Å². The van der Waals surface area contributed by atoms with Crippen LogP contribution < -0.4 is 10.8 Å². The normalized spacial score (nSPS) is 10.2. The van der Waals surface area contributed by atoms with Crippen molar-refractivity contribution in [1.82, 2.24) is 5.48 Å². The lowest BCUT2D eigenvalue weighted by Crippen LogP contribution is -2.20. The number of rotatable bonds is 3. The number of halogens is 3. The van der Waals surface area contributed by atoms with Gasteiger partial charge >= 0.3 is 0 Å². The van der Waals surface area contributed by atoms with Crippen LogP contribution in [0.5, 0.6) is 0 Å². The smallest absolute Gasteiger partial charge is 0.276 e. The van der Waals surface area contributed by atoms with Crippen LogP contribution in [0, 0.1) is 9.39 Å². The SMILES string of the molecule is O=C(NO)c1cccc(F)c1Nc1ccc(I)cc1Cl. The number of anilines is 2. The molecule has 1 amide bonds. The fraction of sp³-hybridized carbons (Fsp3) is 0. The molecule has 0 bridgehead atoms. The van der Waals surface area contributed by atoms with Crippen LogP contribution in [0.1, 0.15) is 10.4 Å². The summed E-state index contributed by atoms with van der Waals surface area (Å²) in [4.78, 5) is 11.5. The molecule has 0 aliphatic heterocycles. The van der Waals surface area contributed by atoms with E-state index in [1.807, 2.05) is 0 Å². The van der Waals surface area contributed by atoms with Crippen molar-refractivity contribution in [3.05, 3.63) is 56.4 Å². The van der Waals surface area contributed by atoms with Gasteiger partial charge in [0.05, 0.1) is 22.0 Å². The standard InChI is InChI=1S/C13H9ClFIN2O2/c14-9-6-7(16)4-5-11(9)17-12-8(13(19)18-20)2-1-3-10(12)15/h1-6,17,20H,(H,18,19). The van der Waals surface area contributed by atoms with E-state index in [1.54, 1.807) is 18.2 Å². The number of carbonyl (C=O) groups excluding carboxylic acids is 1. The minimum Gasteiger partial charge on any atom is -0.351 e. The largest absolute Gasteiger partial charge is 0.351 e. The quantitative estimate of drug-likeness (QED) is 0.411. The summed E-state index contributed by atoms with van der Waals surface area (Å²) in [5.74, 6) is -1.44. The van der Waals surface area contributed by atoms with Gasteiger partial charge in [0.2, 0.25) is 0 Å². The summed E-state index contributed by atoms with van der Waals surface area (Å²) in [6, 6.07) is 9.14. The molecule has 104 valence electrons. The zero-order valence-electron chi connectivity index (χ0n) is 9.95. The van der Waals surface area contributed by atoms with Gasteiger partial charge in [0.25, 0.3) is 5.91 Å². The van der Waals surface area contributed by atoms with E-state index >= 15 is 0 Å². The van der Waals surface area contributed by atoms with Gasteiger partial charge in [-0.15, -0.1) is 0 Å². The molecule has 0 saturated carbocycles. The first-order valence-electron chi connectivity index (χ1n) is 5.48. The molecule has 7 heteroatoms. The summed E-state index contributed by atoms with van der Waals surface area (Å²) in [6.07, 6.45) is 0. The van der Waals surface area contributed by atoms with Gasteiger partial charge in [-0.25, -0.2) is 9.87 Å². The zero-order chi connectivity index (χ0) is 14.7. The van der Waals surface area contributed by atoms with Gasteiger partial charge in [-0.1, -0.05) is 17.7 Å². The van der Waals surface area contributed by atoms with Crippen LogP contribution in [0.2, 0.25) is 5.02 Å². The van der Waals surface area contributed by atoms with E-state index in [9.17, 15) is 9.18 Å². The van der Waals surface area contributed by atoms with Gasteiger partial charge < -0.3 is 5.32 Å². The van der Waals surface area contributed by atoms with Crippen LogP contribution in [0.25, 0.3) is 0 Å². The number of nitrogens with one attached hydrogen (secondary N) is 2. The highest BCUT2D eigenvalue weighted by Gasteiger charge is 2.15. The Morgan fingerprint density at radius 3 is 2.70 bits per heavy atom. The number of hydrogen-bond donors (Lipinski definition) is 3. The summed E-state index contributed by atoms with van der Waals surface area (Å²) in [7, 11) is 0. The van der Waals surface area contributed by atoms with Gasteiger partial charge in [0, 0.05) is 3.57 Å². The molecule has 4 nitrogen and oxygen atoms in total. The summed E-state index contributed by atoms with van der Waals surface area (Å²) in [5, 5.41) is 11.9. The van der Waals surface area contributed by atoms with Crippen LogP contribution in [0.3, 0.4) is 0 Å². The van der Waals surface area contributed by atoms with Crippen LogP contribution in [-0.2, 0) is 0 Å². The number of para-hydroxylation sites is 1. The molecule has 0 heterocycles. The van der Waals surface area contributed by atoms with Crippen LogP contribution >= 0.6 is 34.2 Å². The average Bonchev–Trinajstić information content (AvgIpc) is 2.42. The molecule has 3 N–H and O–H groups in total. The van der Waals surface area contributed by atoms with Crippen molar-refractivity contribution in [2.45, 2.75) is 0 Å². The molecule has 20 heavy (non-hydrogen) atoms. The van der Waals surface area contributed by atoms with Crippen molar-refractivity contribution in [2.75, 3.05) is 5.32 Å². The number of hydroxylamine groups is 1. The molecular formula is C13H9ClFIN2O2. The molecule has 2 rings (SSSR count). The van der Waals surface area contributed by atoms with Crippen molar-refractivity contribution in [1.29, 1.82) is 0 Å². The monoisotopic (exact) mass is 406 g/mol. The Hall–Kier alpha value is -1.38.